The Morgan fingerprint density at radius 2 is 2.00 bits per heavy atom. The van der Waals surface area contributed by atoms with Crippen LogP contribution in [0.3, 0.4) is 0 Å². The number of hydrogen-bond acceptors (Lipinski definition) is 5. The Balaban J connectivity index is 2.31. The molecule has 8 nitrogen and oxygen atoms in total. The minimum Gasteiger partial charge on any atom is -0.267 e. The highest BCUT2D eigenvalue weighted by Crippen LogP contribution is 2.19. The van der Waals surface area contributed by atoms with Gasteiger partial charge in [0.15, 0.2) is 0 Å². The molecular weight excluding hydrogens is 296 g/mol. The van der Waals surface area contributed by atoms with Crippen LogP contribution in [0.4, 0.5) is 5.69 Å². The van der Waals surface area contributed by atoms with Gasteiger partial charge >= 0.3 is 0 Å². The maximum atomic E-state index is 11.9. The third-order valence-corrected chi connectivity index (χ3v) is 4.68. The van der Waals surface area contributed by atoms with E-state index in [1.165, 1.54) is 37.2 Å². The van der Waals surface area contributed by atoms with Crippen LogP contribution < -0.4 is 0 Å². The van der Waals surface area contributed by atoms with E-state index in [2.05, 4.69) is 5.10 Å². The summed E-state index contributed by atoms with van der Waals surface area (Å²) in [7, 11) is -0.708. The van der Waals surface area contributed by atoms with E-state index in [-0.39, 0.29) is 17.1 Å². The summed E-state index contributed by atoms with van der Waals surface area (Å²) in [6, 6.07) is 6.27. The number of benzene rings is 1. The molecule has 0 aliphatic rings. The first kappa shape index (κ1) is 15.1. The van der Waals surface area contributed by atoms with Crippen LogP contribution in [-0.2, 0) is 16.6 Å². The van der Waals surface area contributed by atoms with Crippen molar-refractivity contribution in [2.24, 2.45) is 0 Å². The maximum absolute atomic E-state index is 11.9. The van der Waals surface area contributed by atoms with Crippen LogP contribution in [-0.4, -0.2) is 41.5 Å². The summed E-state index contributed by atoms with van der Waals surface area (Å²) < 4.78 is 26.3. The zero-order valence-corrected chi connectivity index (χ0v) is 12.3. The number of nitro benzene ring substituents is 1. The minimum absolute atomic E-state index is 0.0231. The van der Waals surface area contributed by atoms with E-state index in [0.29, 0.717) is 5.56 Å². The summed E-state index contributed by atoms with van der Waals surface area (Å²) in [5, 5.41) is 14.9. The van der Waals surface area contributed by atoms with Gasteiger partial charge in [-0.25, -0.2) is 12.7 Å². The summed E-state index contributed by atoms with van der Waals surface area (Å²) in [5.41, 5.74) is 0.435. The second kappa shape index (κ2) is 5.62. The molecule has 0 saturated carbocycles. The summed E-state index contributed by atoms with van der Waals surface area (Å²) in [6.45, 7) is 0.125. The van der Waals surface area contributed by atoms with Gasteiger partial charge in [0.25, 0.3) is 5.69 Å². The van der Waals surface area contributed by atoms with Gasteiger partial charge in [-0.15, -0.1) is 0 Å². The monoisotopic (exact) mass is 310 g/mol. The Labute approximate surface area is 121 Å². The number of nitro groups is 1. The topological polar surface area (TPSA) is 98.3 Å². The van der Waals surface area contributed by atoms with E-state index in [1.54, 1.807) is 18.2 Å². The first-order chi connectivity index (χ1) is 9.82. The average molecular weight is 310 g/mol. The Hall–Kier alpha value is -2.26. The summed E-state index contributed by atoms with van der Waals surface area (Å²) in [4.78, 5) is 10.5. The Kier molecular flexibility index (Phi) is 4.05. The number of aromatic nitrogens is 2. The third-order valence-electron chi connectivity index (χ3n) is 2.91. The van der Waals surface area contributed by atoms with E-state index >= 15 is 0 Å². The van der Waals surface area contributed by atoms with Gasteiger partial charge in [-0.05, 0) is 0 Å². The van der Waals surface area contributed by atoms with Crippen molar-refractivity contribution < 1.29 is 13.3 Å². The van der Waals surface area contributed by atoms with Crippen molar-refractivity contribution in [3.05, 3.63) is 52.3 Å². The summed E-state index contributed by atoms with van der Waals surface area (Å²) in [5.74, 6) is 0. The molecule has 0 aliphatic carbocycles. The smallest absolute Gasteiger partial charge is 0.267 e. The molecule has 9 heteroatoms. The molecule has 0 amide bonds. The van der Waals surface area contributed by atoms with Gasteiger partial charge in [0.1, 0.15) is 4.90 Å². The van der Waals surface area contributed by atoms with Crippen LogP contribution in [0.5, 0.6) is 0 Å². The Bertz CT molecular complexity index is 767. The van der Waals surface area contributed by atoms with Crippen LogP contribution in [0.1, 0.15) is 5.56 Å². The van der Waals surface area contributed by atoms with E-state index < -0.39 is 14.9 Å². The fourth-order valence-corrected chi connectivity index (χ4v) is 2.63. The molecule has 1 heterocycles. The van der Waals surface area contributed by atoms with Gasteiger partial charge in [-0.2, -0.15) is 5.10 Å². The van der Waals surface area contributed by atoms with E-state index in [4.69, 9.17) is 0 Å². The van der Waals surface area contributed by atoms with Crippen LogP contribution in [0.15, 0.2) is 41.6 Å². The molecule has 0 fully saturated rings. The molecule has 0 N–H and O–H groups in total. The van der Waals surface area contributed by atoms with Gasteiger partial charge < -0.3 is 0 Å². The molecule has 0 spiro atoms. The molecule has 1 aromatic carbocycles. The second-order valence-electron chi connectivity index (χ2n) is 4.55. The molecule has 0 saturated heterocycles. The largest absolute Gasteiger partial charge is 0.274 e. The van der Waals surface area contributed by atoms with E-state index in [0.717, 1.165) is 4.31 Å². The number of nitrogens with zero attached hydrogens (tertiary/aromatic N) is 4. The lowest BCUT2D eigenvalue weighted by Gasteiger charge is -2.08. The predicted octanol–water partition coefficient (Wildman–Crippen LogP) is 1.09. The second-order valence-corrected chi connectivity index (χ2v) is 6.70. The molecular formula is C12H14N4O4S. The zero-order valence-electron chi connectivity index (χ0n) is 11.5. The zero-order chi connectivity index (χ0) is 15.6. The first-order valence-corrected chi connectivity index (χ1v) is 7.43. The first-order valence-electron chi connectivity index (χ1n) is 5.99. The lowest BCUT2D eigenvalue weighted by Crippen LogP contribution is -2.21. The van der Waals surface area contributed by atoms with Crippen molar-refractivity contribution >= 4 is 15.7 Å². The highest BCUT2D eigenvalue weighted by molar-refractivity contribution is 7.89. The van der Waals surface area contributed by atoms with Gasteiger partial charge in [0.2, 0.25) is 10.0 Å². The third kappa shape index (κ3) is 3.09. The van der Waals surface area contributed by atoms with Crippen molar-refractivity contribution in [1.29, 1.82) is 0 Å². The van der Waals surface area contributed by atoms with E-state index in [1.807, 2.05) is 0 Å². The van der Waals surface area contributed by atoms with Gasteiger partial charge in [-0.3, -0.25) is 14.8 Å². The average Bonchev–Trinajstić information content (AvgIpc) is 2.88. The number of para-hydroxylation sites is 1. The molecule has 1 aromatic heterocycles. The fourth-order valence-electron chi connectivity index (χ4n) is 1.77. The van der Waals surface area contributed by atoms with Crippen LogP contribution >= 0.6 is 0 Å². The Morgan fingerprint density at radius 3 is 2.62 bits per heavy atom. The Morgan fingerprint density at radius 1 is 1.33 bits per heavy atom. The van der Waals surface area contributed by atoms with Gasteiger partial charge in [-0.1, -0.05) is 18.2 Å². The lowest BCUT2D eigenvalue weighted by molar-refractivity contribution is -0.385. The number of rotatable bonds is 5. The van der Waals surface area contributed by atoms with Gasteiger partial charge in [0.05, 0.1) is 23.2 Å². The van der Waals surface area contributed by atoms with Crippen LogP contribution in [0, 0.1) is 10.1 Å². The normalized spacial score (nSPS) is 11.8. The lowest BCUT2D eigenvalue weighted by atomic mass is 10.2. The maximum Gasteiger partial charge on any atom is 0.274 e. The summed E-state index contributed by atoms with van der Waals surface area (Å²) >= 11 is 0. The SMILES string of the molecule is CN(C)S(=O)(=O)c1cnn(Cc2ccccc2[N+](=O)[O-])c1. The van der Waals surface area contributed by atoms with E-state index in [9.17, 15) is 18.5 Å². The molecule has 2 rings (SSSR count). The molecule has 0 radical (unpaired) electrons. The molecule has 112 valence electrons. The highest BCUT2D eigenvalue weighted by Gasteiger charge is 2.20. The van der Waals surface area contributed by atoms with Crippen molar-refractivity contribution in [3.63, 3.8) is 0 Å². The van der Waals surface area contributed by atoms with Crippen LogP contribution in [0.25, 0.3) is 0 Å². The molecule has 0 atom stereocenters. The van der Waals surface area contributed by atoms with Crippen LogP contribution in [0.2, 0.25) is 0 Å². The van der Waals surface area contributed by atoms with Crippen molar-refractivity contribution in [2.75, 3.05) is 14.1 Å². The predicted molar refractivity (Wildman–Crippen MR) is 75.3 cm³/mol. The molecule has 0 aliphatic heterocycles. The van der Waals surface area contributed by atoms with Crippen molar-refractivity contribution in [1.82, 2.24) is 14.1 Å². The molecule has 0 bridgehead atoms. The highest BCUT2D eigenvalue weighted by atomic mass is 32.2. The standard InChI is InChI=1S/C12H14N4O4S/c1-14(2)21(19,20)11-7-13-15(9-11)8-10-5-3-4-6-12(10)16(17)18/h3-7,9H,8H2,1-2H3. The van der Waals surface area contributed by atoms with Crippen molar-refractivity contribution in [3.8, 4) is 0 Å². The summed E-state index contributed by atoms with van der Waals surface area (Å²) in [6.07, 6.45) is 2.58. The molecule has 2 aromatic rings. The number of hydrogen-bond donors (Lipinski definition) is 0. The number of sulfonamides is 1. The fraction of sp³-hybridized carbons (Fsp3) is 0.250. The van der Waals surface area contributed by atoms with Gasteiger partial charge in [0, 0.05) is 26.4 Å². The minimum atomic E-state index is -3.56. The molecule has 0 unspecified atom stereocenters. The molecule has 21 heavy (non-hydrogen) atoms. The quantitative estimate of drug-likeness (QED) is 0.608. The van der Waals surface area contributed by atoms with Crippen molar-refractivity contribution in [2.45, 2.75) is 11.4 Å².